The summed E-state index contributed by atoms with van der Waals surface area (Å²) in [6.45, 7) is 9.59. The summed E-state index contributed by atoms with van der Waals surface area (Å²) in [5, 5.41) is 8.23. The van der Waals surface area contributed by atoms with Gasteiger partial charge in [0.15, 0.2) is 5.78 Å². The van der Waals surface area contributed by atoms with Crippen LogP contribution in [0, 0.1) is 5.92 Å². The molecule has 0 aliphatic carbocycles. The van der Waals surface area contributed by atoms with E-state index in [2.05, 4.69) is 22.9 Å². The lowest BCUT2D eigenvalue weighted by Gasteiger charge is -2.28. The molecule has 0 bridgehead atoms. The fourth-order valence-electron chi connectivity index (χ4n) is 4.86. The molecule has 0 aromatic heterocycles. The SMILES string of the molecule is CCc1ccc(C[C@H](NC(=O)[C@@H]2CCCN2C(=O)CNC(C)=O)C(=O)NC(CC(C)C)C(=O)[C@@]2(C)CO2)cc1. The topological polar surface area (TPSA) is 137 Å². The van der Waals surface area contributed by atoms with Gasteiger partial charge in [0.05, 0.1) is 19.2 Å². The van der Waals surface area contributed by atoms with E-state index < -0.39 is 35.5 Å². The number of ketones is 1. The summed E-state index contributed by atoms with van der Waals surface area (Å²) in [7, 11) is 0. The molecule has 4 amide bonds. The summed E-state index contributed by atoms with van der Waals surface area (Å²) in [4.78, 5) is 65.5. The zero-order valence-corrected chi connectivity index (χ0v) is 23.7. The van der Waals surface area contributed by atoms with Crippen LogP contribution in [-0.4, -0.2) is 77.7 Å². The molecule has 3 N–H and O–H groups in total. The van der Waals surface area contributed by atoms with E-state index >= 15 is 0 Å². The van der Waals surface area contributed by atoms with Gasteiger partial charge < -0.3 is 25.6 Å². The number of Topliss-reactive ketones (excluding diaryl/α,β-unsaturated/α-hetero) is 1. The van der Waals surface area contributed by atoms with Gasteiger partial charge in [0, 0.05) is 19.9 Å². The Kier molecular flexibility index (Phi) is 10.2. The van der Waals surface area contributed by atoms with Gasteiger partial charge in [-0.05, 0) is 49.7 Å². The van der Waals surface area contributed by atoms with Crippen LogP contribution in [0.4, 0.5) is 0 Å². The molecule has 1 aromatic carbocycles. The molecule has 0 radical (unpaired) electrons. The quantitative estimate of drug-likeness (QED) is 0.321. The van der Waals surface area contributed by atoms with Gasteiger partial charge in [-0.25, -0.2) is 0 Å². The maximum absolute atomic E-state index is 13.6. The highest BCUT2D eigenvalue weighted by molar-refractivity contribution is 5.98. The normalized spacial score (nSPS) is 21.7. The van der Waals surface area contributed by atoms with Gasteiger partial charge >= 0.3 is 0 Å². The smallest absolute Gasteiger partial charge is 0.243 e. The molecule has 10 heteroatoms. The van der Waals surface area contributed by atoms with Crippen LogP contribution in [0.25, 0.3) is 0 Å². The van der Waals surface area contributed by atoms with Crippen LogP contribution in [0.2, 0.25) is 0 Å². The van der Waals surface area contributed by atoms with Gasteiger partial charge in [0.2, 0.25) is 23.6 Å². The van der Waals surface area contributed by atoms with Gasteiger partial charge in [0.1, 0.15) is 17.7 Å². The first kappa shape index (κ1) is 30.3. The average Bonchev–Trinajstić information content (AvgIpc) is 3.45. The number of hydrogen-bond acceptors (Lipinski definition) is 6. The maximum Gasteiger partial charge on any atom is 0.243 e. The number of nitrogens with zero attached hydrogens (tertiary/aromatic N) is 1. The van der Waals surface area contributed by atoms with Crippen LogP contribution in [0.5, 0.6) is 0 Å². The largest absolute Gasteiger partial charge is 0.361 e. The Morgan fingerprint density at radius 1 is 1.05 bits per heavy atom. The number of ether oxygens (including phenoxy) is 1. The lowest BCUT2D eigenvalue weighted by molar-refractivity contribution is -0.139. The molecule has 2 aliphatic heterocycles. The number of carbonyl (C=O) groups excluding carboxylic acids is 5. The second-order valence-corrected chi connectivity index (χ2v) is 11.2. The molecular weight excluding hydrogens is 500 g/mol. The minimum atomic E-state index is -0.951. The molecule has 214 valence electrons. The van der Waals surface area contributed by atoms with E-state index in [-0.39, 0.29) is 36.5 Å². The monoisotopic (exact) mass is 542 g/mol. The molecular formula is C29H42N4O6. The van der Waals surface area contributed by atoms with Gasteiger partial charge in [0.25, 0.3) is 0 Å². The first-order chi connectivity index (χ1) is 18.4. The Hall–Kier alpha value is -3.27. The molecule has 1 unspecified atom stereocenters. The van der Waals surface area contributed by atoms with E-state index in [1.54, 1.807) is 6.92 Å². The van der Waals surface area contributed by atoms with Gasteiger partial charge in [-0.3, -0.25) is 24.0 Å². The molecule has 10 nitrogen and oxygen atoms in total. The van der Waals surface area contributed by atoms with Crippen LogP contribution in [0.1, 0.15) is 65.0 Å². The third-order valence-electron chi connectivity index (χ3n) is 7.31. The third kappa shape index (κ3) is 8.36. The molecule has 2 saturated heterocycles. The molecule has 0 spiro atoms. The van der Waals surface area contributed by atoms with E-state index in [9.17, 15) is 24.0 Å². The number of carbonyl (C=O) groups is 5. The molecule has 2 heterocycles. The van der Waals surface area contributed by atoms with Crippen molar-refractivity contribution in [3.63, 3.8) is 0 Å². The highest BCUT2D eigenvalue weighted by atomic mass is 16.6. The summed E-state index contributed by atoms with van der Waals surface area (Å²) in [6.07, 6.45) is 2.66. The second-order valence-electron chi connectivity index (χ2n) is 11.2. The lowest BCUT2D eigenvalue weighted by Crippen LogP contribution is -2.57. The third-order valence-corrected chi connectivity index (χ3v) is 7.31. The first-order valence-corrected chi connectivity index (χ1v) is 13.8. The van der Waals surface area contributed by atoms with Crippen molar-refractivity contribution < 1.29 is 28.7 Å². The number of rotatable bonds is 13. The van der Waals surface area contributed by atoms with Crippen LogP contribution in [0.15, 0.2) is 24.3 Å². The molecule has 4 atom stereocenters. The van der Waals surface area contributed by atoms with Crippen molar-refractivity contribution in [3.05, 3.63) is 35.4 Å². The summed E-state index contributed by atoms with van der Waals surface area (Å²) < 4.78 is 5.35. The minimum Gasteiger partial charge on any atom is -0.361 e. The van der Waals surface area contributed by atoms with Crippen LogP contribution in [-0.2, 0) is 41.6 Å². The van der Waals surface area contributed by atoms with Crippen molar-refractivity contribution in [1.82, 2.24) is 20.9 Å². The number of aryl methyl sites for hydroxylation is 1. The Morgan fingerprint density at radius 2 is 1.69 bits per heavy atom. The van der Waals surface area contributed by atoms with Crippen molar-refractivity contribution in [2.24, 2.45) is 5.92 Å². The highest BCUT2D eigenvalue weighted by Gasteiger charge is 2.50. The summed E-state index contributed by atoms with van der Waals surface area (Å²) in [5.41, 5.74) is 1.13. The fourth-order valence-corrected chi connectivity index (χ4v) is 4.86. The Balaban J connectivity index is 1.78. The average molecular weight is 543 g/mol. The van der Waals surface area contributed by atoms with E-state index in [1.165, 1.54) is 11.8 Å². The summed E-state index contributed by atoms with van der Waals surface area (Å²) in [6, 6.07) is 5.40. The van der Waals surface area contributed by atoms with E-state index in [0.717, 1.165) is 17.5 Å². The predicted octanol–water partition coefficient (Wildman–Crippen LogP) is 1.29. The van der Waals surface area contributed by atoms with Crippen molar-refractivity contribution >= 4 is 29.4 Å². The van der Waals surface area contributed by atoms with Crippen LogP contribution >= 0.6 is 0 Å². The van der Waals surface area contributed by atoms with Gasteiger partial charge in [-0.2, -0.15) is 0 Å². The van der Waals surface area contributed by atoms with Crippen molar-refractivity contribution in [2.45, 2.75) is 90.4 Å². The molecule has 39 heavy (non-hydrogen) atoms. The zero-order chi connectivity index (χ0) is 28.7. The van der Waals surface area contributed by atoms with Crippen molar-refractivity contribution in [2.75, 3.05) is 19.7 Å². The number of benzene rings is 1. The number of epoxide rings is 1. The first-order valence-electron chi connectivity index (χ1n) is 13.8. The fraction of sp³-hybridized carbons (Fsp3) is 0.621. The Morgan fingerprint density at radius 3 is 2.26 bits per heavy atom. The number of amides is 4. The van der Waals surface area contributed by atoms with E-state index in [1.807, 2.05) is 38.1 Å². The predicted molar refractivity (Wildman–Crippen MR) is 146 cm³/mol. The van der Waals surface area contributed by atoms with E-state index in [4.69, 9.17) is 4.74 Å². The number of likely N-dealkylation sites (tertiary alicyclic amines) is 1. The molecule has 2 fully saturated rings. The Bertz CT molecular complexity index is 1070. The Labute approximate surface area is 230 Å². The highest BCUT2D eigenvalue weighted by Crippen LogP contribution is 2.29. The standard InChI is InChI=1S/C29H42N4O6/c1-6-20-9-11-21(12-10-20)15-23(27(37)31-22(14-18(2)3)26(36)29(5)17-39-29)32-28(38)24-8-7-13-33(24)25(35)16-30-19(4)34/h9-12,18,22-24H,6-8,13-17H2,1-5H3,(H,30,34)(H,31,37)(H,32,38)/t22?,23-,24-,29+/m0/s1. The zero-order valence-electron chi connectivity index (χ0n) is 23.7. The molecule has 1 aromatic rings. The van der Waals surface area contributed by atoms with Crippen LogP contribution < -0.4 is 16.0 Å². The second kappa shape index (κ2) is 13.2. The molecule has 0 saturated carbocycles. The minimum absolute atomic E-state index is 0.151. The van der Waals surface area contributed by atoms with Gasteiger partial charge in [-0.1, -0.05) is 45.0 Å². The summed E-state index contributed by atoms with van der Waals surface area (Å²) >= 11 is 0. The molecule has 3 rings (SSSR count). The lowest BCUT2D eigenvalue weighted by atomic mass is 9.93. The number of nitrogens with one attached hydrogen (secondary N) is 3. The van der Waals surface area contributed by atoms with Gasteiger partial charge in [-0.15, -0.1) is 0 Å². The van der Waals surface area contributed by atoms with E-state index in [0.29, 0.717) is 32.4 Å². The summed E-state index contributed by atoms with van der Waals surface area (Å²) in [5.74, 6) is -1.59. The number of hydrogen-bond donors (Lipinski definition) is 3. The molecule has 2 aliphatic rings. The van der Waals surface area contributed by atoms with Crippen molar-refractivity contribution in [3.8, 4) is 0 Å². The maximum atomic E-state index is 13.6. The van der Waals surface area contributed by atoms with Crippen LogP contribution in [0.3, 0.4) is 0 Å². The van der Waals surface area contributed by atoms with Crippen molar-refractivity contribution in [1.29, 1.82) is 0 Å².